The largest absolute Gasteiger partial charge is 0.770 e. The van der Waals surface area contributed by atoms with Gasteiger partial charge in [0.15, 0.2) is 6.80 Å². The van der Waals surface area contributed by atoms with E-state index in [-0.39, 0.29) is 30.7 Å². The van der Waals surface area contributed by atoms with Crippen molar-refractivity contribution in [2.75, 3.05) is 12.4 Å². The van der Waals surface area contributed by atoms with E-state index in [0.29, 0.717) is 17.8 Å². The Morgan fingerprint density at radius 3 is 2.50 bits per heavy atom. The van der Waals surface area contributed by atoms with Crippen molar-refractivity contribution in [2.24, 2.45) is 0 Å². The Morgan fingerprint density at radius 2 is 1.89 bits per heavy atom. The molecule has 0 aromatic heterocycles. The number of aliphatic hydroxyl groups is 1. The summed E-state index contributed by atoms with van der Waals surface area (Å²) in [6.07, 6.45) is -3.60. The maximum atomic E-state index is 12.5. The maximum Gasteiger partial charge on any atom is 0.192 e. The molecule has 2 rings (SSSR count). The predicted octanol–water partition coefficient (Wildman–Crippen LogP) is 0.330. The Kier molecular flexibility index (Phi) is 9.39. The van der Waals surface area contributed by atoms with Crippen molar-refractivity contribution in [3.05, 3.63) is 0 Å². The second kappa shape index (κ2) is 10.6. The number of aliphatic hydroxyl groups excluding tert-OH is 1. The van der Waals surface area contributed by atoms with E-state index in [1.807, 2.05) is 27.7 Å². The second-order valence-electron chi connectivity index (χ2n) is 7.50. The third-order valence-electron chi connectivity index (χ3n) is 4.29. The molecule has 2 saturated heterocycles. The van der Waals surface area contributed by atoms with Crippen LogP contribution in [-0.2, 0) is 28.0 Å². The van der Waals surface area contributed by atoms with E-state index < -0.39 is 43.2 Å². The first-order valence-electron chi connectivity index (χ1n) is 9.39. The van der Waals surface area contributed by atoms with Gasteiger partial charge in [-0.3, -0.25) is 4.57 Å². The highest BCUT2D eigenvalue weighted by Gasteiger charge is 2.44. The molecule has 8 unspecified atom stereocenters. The van der Waals surface area contributed by atoms with Crippen molar-refractivity contribution in [3.8, 4) is 0 Å². The lowest BCUT2D eigenvalue weighted by Gasteiger charge is -2.31. The molecule has 2 aliphatic rings. The van der Waals surface area contributed by atoms with Crippen LogP contribution >= 0.6 is 18.2 Å². The minimum Gasteiger partial charge on any atom is -0.770 e. The van der Waals surface area contributed by atoms with Gasteiger partial charge in [-0.1, -0.05) is 11.4 Å². The number of hydrogen-bond donors (Lipinski definition) is 1. The van der Waals surface area contributed by atoms with Crippen molar-refractivity contribution >= 4 is 33.9 Å². The van der Waals surface area contributed by atoms with Crippen LogP contribution in [0.2, 0.25) is 0 Å². The minimum absolute atomic E-state index is 0.0318. The van der Waals surface area contributed by atoms with Crippen LogP contribution < -0.4 is 4.89 Å². The monoisotopic (exact) mass is 433 g/mol. The third kappa shape index (κ3) is 7.29. The standard InChI is InChI=1S/C16H29B2O8PS/c1-8(2)22-6-11-15(14(19)16(18)25-11)26-27(20,21)28-7-12-10(23-9(3)4)5-13(17)24-12/h8-16,19H,5-7H2,1-4H3,(H,20,21)/p-1. The Hall–Kier alpha value is 0.430. The zero-order valence-corrected chi connectivity index (χ0v) is 18.3. The van der Waals surface area contributed by atoms with Crippen LogP contribution in [0.4, 0.5) is 0 Å². The minimum atomic E-state index is -4.38. The van der Waals surface area contributed by atoms with Gasteiger partial charge in [-0.25, -0.2) is 0 Å². The van der Waals surface area contributed by atoms with Gasteiger partial charge in [0.05, 0.1) is 31.0 Å². The van der Waals surface area contributed by atoms with Crippen molar-refractivity contribution in [1.82, 2.24) is 0 Å². The Balaban J connectivity index is 1.93. The van der Waals surface area contributed by atoms with Gasteiger partial charge in [0.2, 0.25) is 0 Å². The Bertz CT molecular complexity index is 543. The van der Waals surface area contributed by atoms with Gasteiger partial charge in [-0.2, -0.15) is 0 Å². The molecule has 8 nitrogen and oxygen atoms in total. The molecular weight excluding hydrogens is 405 g/mol. The summed E-state index contributed by atoms with van der Waals surface area (Å²) in [4.78, 5) is 12.5. The lowest BCUT2D eigenvalue weighted by atomic mass is 9.93. The molecule has 0 aliphatic carbocycles. The van der Waals surface area contributed by atoms with Crippen LogP contribution in [0.3, 0.4) is 0 Å². The first kappa shape index (κ1) is 24.7. The van der Waals surface area contributed by atoms with E-state index in [1.54, 1.807) is 0 Å². The van der Waals surface area contributed by atoms with Crippen LogP contribution in [0.25, 0.3) is 0 Å². The van der Waals surface area contributed by atoms with E-state index in [1.165, 1.54) is 0 Å². The zero-order chi connectivity index (χ0) is 21.1. The first-order valence-corrected chi connectivity index (χ1v) is 12.5. The van der Waals surface area contributed by atoms with E-state index in [2.05, 4.69) is 0 Å². The predicted molar refractivity (Wildman–Crippen MR) is 105 cm³/mol. The molecule has 0 saturated carbocycles. The highest BCUT2D eigenvalue weighted by Crippen LogP contribution is 2.54. The van der Waals surface area contributed by atoms with E-state index in [4.69, 9.17) is 39.2 Å². The van der Waals surface area contributed by atoms with E-state index in [9.17, 15) is 14.6 Å². The Labute approximate surface area is 173 Å². The summed E-state index contributed by atoms with van der Waals surface area (Å²) in [5.74, 6) is 0.0920. The molecule has 12 heteroatoms. The van der Waals surface area contributed by atoms with Crippen molar-refractivity contribution in [2.45, 2.75) is 88.9 Å². The van der Waals surface area contributed by atoms with Crippen LogP contribution in [0.5, 0.6) is 0 Å². The fraction of sp³-hybridized carbons (Fsp3) is 1.00. The molecule has 0 bridgehead atoms. The number of hydrogen-bond acceptors (Lipinski definition) is 9. The van der Waals surface area contributed by atoms with Gasteiger partial charge >= 0.3 is 0 Å². The van der Waals surface area contributed by atoms with Gasteiger partial charge in [-0.15, -0.1) is 0 Å². The maximum absolute atomic E-state index is 12.5. The van der Waals surface area contributed by atoms with Gasteiger partial charge in [-0.05, 0) is 34.1 Å². The molecule has 2 fully saturated rings. The average Bonchev–Trinajstić information content (AvgIpc) is 3.04. The SMILES string of the molecule is [B]C1CC(OC(C)C)C(CSP(=O)([O-])OC2C(COC(C)C)OC([B])C2O)O1. The first-order chi connectivity index (χ1) is 13.0. The molecule has 0 aromatic rings. The summed E-state index contributed by atoms with van der Waals surface area (Å²) in [5, 5.41) is 10.2. The van der Waals surface area contributed by atoms with Gasteiger partial charge in [0.25, 0.3) is 0 Å². The lowest BCUT2D eigenvalue weighted by Crippen LogP contribution is -2.38. The smallest absolute Gasteiger partial charge is 0.192 e. The fourth-order valence-corrected chi connectivity index (χ4v) is 5.76. The summed E-state index contributed by atoms with van der Waals surface area (Å²) in [5.41, 5.74) is 0. The molecule has 0 aromatic carbocycles. The molecule has 158 valence electrons. The van der Waals surface area contributed by atoms with Crippen LogP contribution in [-0.4, -0.2) is 87.9 Å². The number of ether oxygens (including phenoxy) is 4. The van der Waals surface area contributed by atoms with Crippen LogP contribution in [0, 0.1) is 0 Å². The van der Waals surface area contributed by atoms with Crippen LogP contribution in [0.15, 0.2) is 0 Å². The quantitative estimate of drug-likeness (QED) is 0.386. The van der Waals surface area contributed by atoms with Gasteiger partial charge in [0, 0.05) is 17.8 Å². The Morgan fingerprint density at radius 1 is 1.21 bits per heavy atom. The summed E-state index contributed by atoms with van der Waals surface area (Å²) >= 11 is 0.594. The summed E-state index contributed by atoms with van der Waals surface area (Å²) in [6.45, 7) is 3.11. The highest BCUT2D eigenvalue weighted by atomic mass is 32.7. The van der Waals surface area contributed by atoms with E-state index in [0.717, 1.165) is 0 Å². The second-order valence-corrected chi connectivity index (χ2v) is 11.3. The molecule has 28 heavy (non-hydrogen) atoms. The zero-order valence-electron chi connectivity index (χ0n) is 16.6. The van der Waals surface area contributed by atoms with Crippen molar-refractivity contribution < 1.29 is 38.0 Å². The van der Waals surface area contributed by atoms with Crippen molar-refractivity contribution in [1.29, 1.82) is 0 Å². The topological polar surface area (TPSA) is 107 Å². The molecule has 2 aliphatic heterocycles. The molecule has 2 heterocycles. The molecule has 4 radical (unpaired) electrons. The summed E-state index contributed by atoms with van der Waals surface area (Å²) in [7, 11) is 11.5. The van der Waals surface area contributed by atoms with E-state index >= 15 is 0 Å². The van der Waals surface area contributed by atoms with Gasteiger partial charge in [0.1, 0.15) is 34.0 Å². The molecule has 0 spiro atoms. The normalized spacial score (nSPS) is 38.4. The lowest BCUT2D eigenvalue weighted by molar-refractivity contribution is -0.198. The third-order valence-corrected chi connectivity index (χ3v) is 7.24. The molecule has 8 atom stereocenters. The van der Waals surface area contributed by atoms with Crippen molar-refractivity contribution in [3.63, 3.8) is 0 Å². The average molecular weight is 433 g/mol. The molecular formula is C16H28B2O8PS-. The fourth-order valence-electron chi connectivity index (χ4n) is 3.05. The number of rotatable bonds is 10. The van der Waals surface area contributed by atoms with Crippen LogP contribution in [0.1, 0.15) is 34.1 Å². The highest BCUT2D eigenvalue weighted by molar-refractivity contribution is 8.54. The van der Waals surface area contributed by atoms with Gasteiger partial charge < -0.3 is 33.5 Å². The summed E-state index contributed by atoms with van der Waals surface area (Å²) < 4.78 is 39.9. The molecule has 0 amide bonds. The molecule has 1 N–H and O–H groups in total. The summed E-state index contributed by atoms with van der Waals surface area (Å²) in [6, 6.07) is -1.54.